The van der Waals surface area contributed by atoms with E-state index in [1.54, 1.807) is 18.2 Å². The molecule has 1 aromatic carbocycles. The molecule has 0 aliphatic rings. The molecule has 0 aliphatic carbocycles. The Morgan fingerprint density at radius 1 is 1.10 bits per heavy atom. The van der Waals surface area contributed by atoms with E-state index in [0.29, 0.717) is 11.1 Å². The summed E-state index contributed by atoms with van der Waals surface area (Å²) < 4.78 is 36.9. The second kappa shape index (κ2) is 5.58. The number of hydrogen-bond donors (Lipinski definition) is 0. The van der Waals surface area contributed by atoms with Gasteiger partial charge in [0.2, 0.25) is 0 Å². The van der Waals surface area contributed by atoms with Gasteiger partial charge in [-0.05, 0) is 12.5 Å². The first kappa shape index (κ1) is 15.1. The zero-order chi connectivity index (χ0) is 14.9. The molecule has 0 saturated heterocycles. The van der Waals surface area contributed by atoms with E-state index in [9.17, 15) is 13.2 Å². The molecule has 2 nitrogen and oxygen atoms in total. The van der Waals surface area contributed by atoms with Crippen LogP contribution in [0.3, 0.4) is 0 Å². The topological polar surface area (TPSA) is 25.8 Å². The Labute approximate surface area is 123 Å². The summed E-state index contributed by atoms with van der Waals surface area (Å²) in [6.07, 6.45) is -5.67. The van der Waals surface area contributed by atoms with Crippen molar-refractivity contribution in [1.82, 2.24) is 9.97 Å². The summed E-state index contributed by atoms with van der Waals surface area (Å²) >= 11 is 11.9. The van der Waals surface area contributed by atoms with Gasteiger partial charge in [0, 0.05) is 0 Å². The molecule has 0 amide bonds. The number of aryl methyl sites for hydroxylation is 1. The van der Waals surface area contributed by atoms with Gasteiger partial charge in [-0.15, -0.1) is 0 Å². The number of benzene rings is 1. The van der Waals surface area contributed by atoms with Crippen LogP contribution in [0.15, 0.2) is 24.3 Å². The molecule has 0 bridgehead atoms. The van der Waals surface area contributed by atoms with E-state index in [2.05, 4.69) is 9.97 Å². The molecule has 0 aliphatic heterocycles. The largest absolute Gasteiger partial charge is 0.396 e. The van der Waals surface area contributed by atoms with Crippen LogP contribution in [0.5, 0.6) is 0 Å². The van der Waals surface area contributed by atoms with Crippen molar-refractivity contribution >= 4 is 23.2 Å². The first-order valence-corrected chi connectivity index (χ1v) is 6.37. The fourth-order valence-electron chi connectivity index (χ4n) is 1.75. The summed E-state index contributed by atoms with van der Waals surface area (Å²) in [6.45, 7) is 1.88. The lowest BCUT2D eigenvalue weighted by Gasteiger charge is -2.10. The van der Waals surface area contributed by atoms with Crippen LogP contribution in [0, 0.1) is 6.92 Å². The Morgan fingerprint density at radius 2 is 1.70 bits per heavy atom. The molecule has 0 atom stereocenters. The van der Waals surface area contributed by atoms with E-state index in [1.165, 1.54) is 0 Å². The number of aromatic nitrogens is 2. The van der Waals surface area contributed by atoms with E-state index >= 15 is 0 Å². The Kier molecular flexibility index (Phi) is 4.20. The first-order valence-electron chi connectivity index (χ1n) is 5.62. The monoisotopic (exact) mass is 320 g/mol. The van der Waals surface area contributed by atoms with Crippen LogP contribution in [-0.4, -0.2) is 16.1 Å². The van der Waals surface area contributed by atoms with Crippen LogP contribution in [-0.2, 0) is 6.42 Å². The van der Waals surface area contributed by atoms with Gasteiger partial charge in [0.05, 0.1) is 5.56 Å². The van der Waals surface area contributed by atoms with Gasteiger partial charge >= 0.3 is 6.18 Å². The molecule has 2 aromatic rings. The summed E-state index contributed by atoms with van der Waals surface area (Å²) in [4.78, 5) is 7.35. The average Bonchev–Trinajstić information content (AvgIpc) is 2.25. The minimum absolute atomic E-state index is 0.0881. The summed E-state index contributed by atoms with van der Waals surface area (Å²) in [5.74, 6) is -0.441. The maximum absolute atomic E-state index is 12.3. The first-order chi connectivity index (χ1) is 9.26. The SMILES string of the molecule is Cc1cccc(-c2c(Cl)nc(CC(F)(F)F)nc2Cl)c1. The van der Waals surface area contributed by atoms with E-state index < -0.39 is 18.4 Å². The van der Waals surface area contributed by atoms with Gasteiger partial charge in [0.25, 0.3) is 0 Å². The van der Waals surface area contributed by atoms with Crippen molar-refractivity contribution in [2.24, 2.45) is 0 Å². The molecule has 0 N–H and O–H groups in total. The van der Waals surface area contributed by atoms with Crippen molar-refractivity contribution in [3.05, 3.63) is 46.0 Å². The van der Waals surface area contributed by atoms with Crippen LogP contribution >= 0.6 is 23.2 Å². The fraction of sp³-hybridized carbons (Fsp3) is 0.231. The molecule has 0 spiro atoms. The van der Waals surface area contributed by atoms with E-state index in [-0.39, 0.29) is 10.3 Å². The number of halogens is 5. The van der Waals surface area contributed by atoms with Crippen molar-refractivity contribution < 1.29 is 13.2 Å². The lowest BCUT2D eigenvalue weighted by molar-refractivity contribution is -0.128. The summed E-state index contributed by atoms with van der Waals surface area (Å²) in [6, 6.07) is 7.22. The van der Waals surface area contributed by atoms with Crippen LogP contribution < -0.4 is 0 Å². The molecular weight excluding hydrogens is 312 g/mol. The predicted molar refractivity (Wildman–Crippen MR) is 72.0 cm³/mol. The molecule has 1 aromatic heterocycles. The summed E-state index contributed by atoms with van der Waals surface area (Å²) in [5.41, 5.74) is 1.97. The highest BCUT2D eigenvalue weighted by Crippen LogP contribution is 2.33. The molecule has 0 saturated carbocycles. The van der Waals surface area contributed by atoms with E-state index in [4.69, 9.17) is 23.2 Å². The summed E-state index contributed by atoms with van der Waals surface area (Å²) in [7, 11) is 0. The van der Waals surface area contributed by atoms with E-state index in [1.807, 2.05) is 13.0 Å². The van der Waals surface area contributed by atoms with Crippen LogP contribution in [0.25, 0.3) is 11.1 Å². The minimum Gasteiger partial charge on any atom is -0.220 e. The third-order valence-electron chi connectivity index (χ3n) is 2.53. The number of rotatable bonds is 2. The molecule has 1 heterocycles. The van der Waals surface area contributed by atoms with Gasteiger partial charge in [-0.2, -0.15) is 13.2 Å². The molecule has 2 rings (SSSR count). The third kappa shape index (κ3) is 3.61. The lowest BCUT2D eigenvalue weighted by atomic mass is 10.1. The fourth-order valence-corrected chi connectivity index (χ4v) is 2.39. The van der Waals surface area contributed by atoms with Gasteiger partial charge < -0.3 is 0 Å². The Morgan fingerprint density at radius 3 is 2.20 bits per heavy atom. The number of alkyl halides is 3. The Balaban J connectivity index is 2.47. The Bertz CT molecular complexity index is 619. The van der Waals surface area contributed by atoms with Gasteiger partial charge in [-0.1, -0.05) is 53.0 Å². The van der Waals surface area contributed by atoms with Gasteiger partial charge in [0.1, 0.15) is 22.6 Å². The van der Waals surface area contributed by atoms with Crippen molar-refractivity contribution in [2.75, 3.05) is 0 Å². The average molecular weight is 321 g/mol. The van der Waals surface area contributed by atoms with Crippen LogP contribution in [0.2, 0.25) is 10.3 Å². The predicted octanol–water partition coefficient (Wildman–Crippen LogP) is 4.86. The van der Waals surface area contributed by atoms with Crippen molar-refractivity contribution in [1.29, 1.82) is 0 Å². The van der Waals surface area contributed by atoms with Gasteiger partial charge in [0.15, 0.2) is 0 Å². The van der Waals surface area contributed by atoms with Crippen molar-refractivity contribution in [2.45, 2.75) is 19.5 Å². The quantitative estimate of drug-likeness (QED) is 0.738. The molecule has 0 fully saturated rings. The van der Waals surface area contributed by atoms with Gasteiger partial charge in [-0.25, -0.2) is 9.97 Å². The smallest absolute Gasteiger partial charge is 0.220 e. The second-order valence-corrected chi connectivity index (χ2v) is 4.97. The van der Waals surface area contributed by atoms with Gasteiger partial charge in [-0.3, -0.25) is 0 Å². The third-order valence-corrected chi connectivity index (χ3v) is 3.08. The van der Waals surface area contributed by atoms with Crippen molar-refractivity contribution in [3.8, 4) is 11.1 Å². The highest BCUT2D eigenvalue weighted by atomic mass is 35.5. The van der Waals surface area contributed by atoms with Crippen LogP contribution in [0.4, 0.5) is 13.2 Å². The Hall–Kier alpha value is -1.33. The number of hydrogen-bond acceptors (Lipinski definition) is 2. The highest BCUT2D eigenvalue weighted by Gasteiger charge is 2.30. The number of nitrogens with zero attached hydrogens (tertiary/aromatic N) is 2. The lowest BCUT2D eigenvalue weighted by Crippen LogP contribution is -2.14. The molecule has 106 valence electrons. The molecule has 20 heavy (non-hydrogen) atoms. The molecule has 7 heteroatoms. The maximum atomic E-state index is 12.3. The highest BCUT2D eigenvalue weighted by molar-refractivity contribution is 6.37. The molecular formula is C13H9Cl2F3N2. The maximum Gasteiger partial charge on any atom is 0.396 e. The zero-order valence-corrected chi connectivity index (χ0v) is 11.8. The second-order valence-electron chi connectivity index (χ2n) is 4.26. The summed E-state index contributed by atoms with van der Waals surface area (Å²) in [5, 5.41) is -0.176. The zero-order valence-electron chi connectivity index (χ0n) is 10.3. The minimum atomic E-state index is -4.41. The van der Waals surface area contributed by atoms with Crippen molar-refractivity contribution in [3.63, 3.8) is 0 Å². The standard InChI is InChI=1S/C13H9Cl2F3N2/c1-7-3-2-4-8(5-7)10-11(14)19-9(20-12(10)15)6-13(16,17)18/h2-5H,6H2,1H3. The normalized spacial score (nSPS) is 11.7. The van der Waals surface area contributed by atoms with Crippen LogP contribution in [0.1, 0.15) is 11.4 Å². The molecule has 0 radical (unpaired) electrons. The van der Waals surface area contributed by atoms with E-state index in [0.717, 1.165) is 5.56 Å². The molecule has 0 unspecified atom stereocenters.